The minimum Gasteiger partial charge on any atom is -0.480 e. The van der Waals surface area contributed by atoms with E-state index < -0.39 is 23.8 Å². The Hall–Kier alpha value is -1.43. The Balaban J connectivity index is 4.50. The molecule has 0 radical (unpaired) electrons. The van der Waals surface area contributed by atoms with Crippen LogP contribution >= 0.6 is 0 Å². The van der Waals surface area contributed by atoms with E-state index in [2.05, 4.69) is 5.32 Å². The molecule has 2 N–H and O–H groups in total. The monoisotopic (exact) mass is 286 g/mol. The van der Waals surface area contributed by atoms with Crippen molar-refractivity contribution in [3.8, 4) is 0 Å². The van der Waals surface area contributed by atoms with E-state index in [-0.39, 0.29) is 6.42 Å². The lowest BCUT2D eigenvalue weighted by Crippen LogP contribution is -2.47. The van der Waals surface area contributed by atoms with Crippen molar-refractivity contribution in [1.82, 2.24) is 10.2 Å². The average Bonchev–Trinajstić information content (AvgIpc) is 2.35. The van der Waals surface area contributed by atoms with Gasteiger partial charge in [-0.25, -0.2) is 4.79 Å². The van der Waals surface area contributed by atoms with Crippen LogP contribution < -0.4 is 5.32 Å². The molecular weight excluding hydrogens is 260 g/mol. The van der Waals surface area contributed by atoms with Crippen molar-refractivity contribution in [3.63, 3.8) is 0 Å². The van der Waals surface area contributed by atoms with Crippen LogP contribution in [-0.2, 0) is 14.4 Å². The van der Waals surface area contributed by atoms with E-state index >= 15 is 0 Å². The van der Waals surface area contributed by atoms with Crippen molar-refractivity contribution in [1.29, 1.82) is 0 Å². The molecule has 6 heteroatoms. The van der Waals surface area contributed by atoms with Crippen molar-refractivity contribution in [2.75, 3.05) is 6.54 Å². The molecule has 0 saturated heterocycles. The van der Waals surface area contributed by atoms with E-state index in [0.29, 0.717) is 18.9 Å². The van der Waals surface area contributed by atoms with Gasteiger partial charge in [0, 0.05) is 19.4 Å². The summed E-state index contributed by atoms with van der Waals surface area (Å²) in [5.74, 6) is -2.08. The first-order chi connectivity index (χ1) is 9.31. The molecule has 0 saturated carbocycles. The molecule has 0 heterocycles. The lowest BCUT2D eigenvalue weighted by Gasteiger charge is -2.25. The van der Waals surface area contributed by atoms with Crippen molar-refractivity contribution in [2.24, 2.45) is 0 Å². The van der Waals surface area contributed by atoms with E-state index in [0.717, 1.165) is 17.9 Å². The van der Waals surface area contributed by atoms with Gasteiger partial charge in [0.1, 0.15) is 6.04 Å². The van der Waals surface area contributed by atoms with Crippen LogP contribution in [0.4, 0.5) is 0 Å². The molecule has 20 heavy (non-hydrogen) atoms. The quantitative estimate of drug-likeness (QED) is 0.626. The molecule has 6 nitrogen and oxygen atoms in total. The van der Waals surface area contributed by atoms with Crippen LogP contribution in [0.15, 0.2) is 0 Å². The van der Waals surface area contributed by atoms with Crippen molar-refractivity contribution < 1.29 is 19.5 Å². The Morgan fingerprint density at radius 2 is 1.80 bits per heavy atom. The molecule has 1 atom stereocenters. The minimum absolute atomic E-state index is 0.123. The van der Waals surface area contributed by atoms with Gasteiger partial charge in [0.15, 0.2) is 0 Å². The zero-order valence-corrected chi connectivity index (χ0v) is 12.8. The fourth-order valence-corrected chi connectivity index (χ4v) is 1.96. The van der Waals surface area contributed by atoms with Crippen molar-refractivity contribution >= 4 is 17.8 Å². The number of unbranched alkanes of at least 4 members (excludes halogenated alkanes) is 1. The largest absolute Gasteiger partial charge is 0.480 e. The fraction of sp³-hybridized carbons (Fsp3) is 0.786. The van der Waals surface area contributed by atoms with Gasteiger partial charge in [-0.2, -0.15) is 0 Å². The summed E-state index contributed by atoms with van der Waals surface area (Å²) >= 11 is 0. The maximum atomic E-state index is 11.7. The number of nitrogens with one attached hydrogen (secondary N) is 1. The molecule has 0 aliphatic carbocycles. The van der Waals surface area contributed by atoms with Crippen LogP contribution in [0, 0.1) is 0 Å². The van der Waals surface area contributed by atoms with Crippen LogP contribution in [-0.4, -0.2) is 46.4 Å². The normalized spacial score (nSPS) is 12.2. The zero-order chi connectivity index (χ0) is 15.7. The van der Waals surface area contributed by atoms with Gasteiger partial charge in [-0.1, -0.05) is 20.8 Å². The molecular formula is C14H26N2O4. The number of hydrogen-bond donors (Lipinski definition) is 2. The molecule has 0 aromatic heterocycles. The van der Waals surface area contributed by atoms with Crippen LogP contribution in [0.3, 0.4) is 0 Å². The number of amides is 2. The summed E-state index contributed by atoms with van der Waals surface area (Å²) in [6.45, 7) is 7.72. The molecule has 0 aliphatic rings. The summed E-state index contributed by atoms with van der Waals surface area (Å²) in [5, 5.41) is 12.5. The van der Waals surface area contributed by atoms with Crippen molar-refractivity contribution in [3.05, 3.63) is 0 Å². The maximum Gasteiger partial charge on any atom is 0.326 e. The van der Waals surface area contributed by atoms with E-state index in [9.17, 15) is 19.5 Å². The number of rotatable bonds is 9. The van der Waals surface area contributed by atoms with Gasteiger partial charge in [0.05, 0.1) is 0 Å². The number of carbonyl (C=O) groups excluding carboxylic acids is 2. The number of aliphatic carboxylic acids is 1. The third-order valence-electron chi connectivity index (χ3n) is 2.96. The summed E-state index contributed by atoms with van der Waals surface area (Å²) in [7, 11) is 0. The van der Waals surface area contributed by atoms with Crippen molar-refractivity contribution in [2.45, 2.75) is 65.5 Å². The summed E-state index contributed by atoms with van der Waals surface area (Å²) in [5.41, 5.74) is 0. The molecule has 1 unspecified atom stereocenters. The highest BCUT2D eigenvalue weighted by molar-refractivity contribution is 5.98. The van der Waals surface area contributed by atoms with Gasteiger partial charge in [-0.15, -0.1) is 0 Å². The molecule has 116 valence electrons. The van der Waals surface area contributed by atoms with E-state index in [4.69, 9.17) is 0 Å². The van der Waals surface area contributed by atoms with Crippen LogP contribution in [0.5, 0.6) is 0 Å². The van der Waals surface area contributed by atoms with Crippen LogP contribution in [0.1, 0.15) is 53.4 Å². The van der Waals surface area contributed by atoms with E-state index in [1.165, 1.54) is 6.92 Å². The first-order valence-electron chi connectivity index (χ1n) is 7.10. The summed E-state index contributed by atoms with van der Waals surface area (Å²) in [6, 6.07) is -0.667. The maximum absolute atomic E-state index is 11.7. The van der Waals surface area contributed by atoms with Gasteiger partial charge in [-0.3, -0.25) is 14.5 Å². The molecule has 0 spiro atoms. The molecule has 0 bridgehead atoms. The van der Waals surface area contributed by atoms with Gasteiger partial charge in [0.2, 0.25) is 11.8 Å². The standard InChI is InChI=1S/C14H26N2O4/c1-5-13(18)16(11(4)17)12(14(19)20)8-6-7-9-15-10(2)3/h10,12,15H,5-9H2,1-4H3,(H,19,20). The Bertz CT molecular complexity index is 342. The Kier molecular flexibility index (Phi) is 8.79. The Morgan fingerprint density at radius 3 is 2.20 bits per heavy atom. The number of carboxylic acid groups (broad SMARTS) is 1. The number of carbonyl (C=O) groups is 3. The highest BCUT2D eigenvalue weighted by atomic mass is 16.4. The highest BCUT2D eigenvalue weighted by Crippen LogP contribution is 2.12. The first kappa shape index (κ1) is 18.6. The summed E-state index contributed by atoms with van der Waals surface area (Å²) in [4.78, 5) is 35.4. The number of hydrogen-bond acceptors (Lipinski definition) is 4. The molecule has 0 aliphatic heterocycles. The second-order valence-corrected chi connectivity index (χ2v) is 5.09. The minimum atomic E-state index is -1.13. The molecule has 2 amide bonds. The zero-order valence-electron chi connectivity index (χ0n) is 12.8. The predicted octanol–water partition coefficient (Wildman–Crippen LogP) is 1.39. The van der Waals surface area contributed by atoms with Gasteiger partial charge < -0.3 is 10.4 Å². The van der Waals surface area contributed by atoms with E-state index in [1.54, 1.807) is 6.92 Å². The first-order valence-corrected chi connectivity index (χ1v) is 7.10. The number of nitrogens with zero attached hydrogens (tertiary/aromatic N) is 1. The lowest BCUT2D eigenvalue weighted by atomic mass is 10.1. The van der Waals surface area contributed by atoms with Gasteiger partial charge in [-0.05, 0) is 25.8 Å². The number of carboxylic acids is 1. The smallest absolute Gasteiger partial charge is 0.326 e. The third-order valence-corrected chi connectivity index (χ3v) is 2.96. The summed E-state index contributed by atoms with van der Waals surface area (Å²) in [6.07, 6.45) is 1.88. The van der Waals surface area contributed by atoms with Gasteiger partial charge in [0.25, 0.3) is 0 Å². The average molecular weight is 286 g/mol. The highest BCUT2D eigenvalue weighted by Gasteiger charge is 2.31. The second-order valence-electron chi connectivity index (χ2n) is 5.09. The predicted molar refractivity (Wildman–Crippen MR) is 76.2 cm³/mol. The fourth-order valence-electron chi connectivity index (χ4n) is 1.96. The second kappa shape index (κ2) is 9.47. The van der Waals surface area contributed by atoms with Crippen LogP contribution in [0.2, 0.25) is 0 Å². The van der Waals surface area contributed by atoms with Gasteiger partial charge >= 0.3 is 5.97 Å². The van der Waals surface area contributed by atoms with Crippen LogP contribution in [0.25, 0.3) is 0 Å². The summed E-state index contributed by atoms with van der Waals surface area (Å²) < 4.78 is 0. The molecule has 0 rings (SSSR count). The van der Waals surface area contributed by atoms with E-state index in [1.807, 2.05) is 13.8 Å². The third kappa shape index (κ3) is 6.65. The lowest BCUT2D eigenvalue weighted by molar-refractivity contribution is -0.157. The SMILES string of the molecule is CCC(=O)N(C(C)=O)C(CCCCNC(C)C)C(=O)O. The molecule has 0 fully saturated rings. The molecule has 0 aromatic rings. The Labute approximate surface area is 120 Å². The number of imide groups is 1. The topological polar surface area (TPSA) is 86.7 Å². The Morgan fingerprint density at radius 1 is 1.20 bits per heavy atom. The molecule has 0 aromatic carbocycles.